The van der Waals surface area contributed by atoms with Crippen molar-refractivity contribution in [2.24, 2.45) is 0 Å². The first-order chi connectivity index (χ1) is 9.60. The maximum Gasteiger partial charge on any atom is 0.181 e. The molecule has 0 heterocycles. The molecule has 104 valence electrons. The highest BCUT2D eigenvalue weighted by Crippen LogP contribution is 2.25. The van der Waals surface area contributed by atoms with Crippen molar-refractivity contribution in [3.05, 3.63) is 56.6 Å². The van der Waals surface area contributed by atoms with E-state index in [4.69, 9.17) is 16.3 Å². The molecule has 0 bridgehead atoms. The minimum absolute atomic E-state index is 0.0203. The van der Waals surface area contributed by atoms with Crippen LogP contribution >= 0.6 is 34.2 Å². The van der Waals surface area contributed by atoms with Gasteiger partial charge in [0.05, 0.1) is 18.7 Å². The summed E-state index contributed by atoms with van der Waals surface area (Å²) in [5, 5.41) is 3.53. The van der Waals surface area contributed by atoms with Crippen LogP contribution in [0.5, 0.6) is 5.75 Å². The summed E-state index contributed by atoms with van der Waals surface area (Å²) in [5.41, 5.74) is 1.48. The molecule has 0 saturated carbocycles. The lowest BCUT2D eigenvalue weighted by atomic mass is 10.1. The summed E-state index contributed by atoms with van der Waals surface area (Å²) in [6.45, 7) is 0.225. The van der Waals surface area contributed by atoms with Crippen molar-refractivity contribution in [1.82, 2.24) is 0 Å². The summed E-state index contributed by atoms with van der Waals surface area (Å²) in [7, 11) is 1.54. The molecule has 0 amide bonds. The molecule has 0 saturated heterocycles. The number of ether oxygens (including phenoxy) is 1. The number of Topliss-reactive ketones (excluding diaryl/α,β-unsaturated/α-hetero) is 1. The smallest absolute Gasteiger partial charge is 0.181 e. The van der Waals surface area contributed by atoms with E-state index in [1.807, 2.05) is 24.3 Å². The molecule has 2 aromatic carbocycles. The van der Waals surface area contributed by atoms with Gasteiger partial charge >= 0.3 is 0 Å². The van der Waals surface area contributed by atoms with Crippen molar-refractivity contribution in [2.45, 2.75) is 0 Å². The zero-order valence-electron chi connectivity index (χ0n) is 10.8. The van der Waals surface area contributed by atoms with Gasteiger partial charge in [-0.25, -0.2) is 0 Å². The number of ketones is 1. The van der Waals surface area contributed by atoms with E-state index in [0.717, 1.165) is 9.26 Å². The zero-order valence-corrected chi connectivity index (χ0v) is 13.7. The first-order valence-electron chi connectivity index (χ1n) is 5.96. The van der Waals surface area contributed by atoms with E-state index < -0.39 is 0 Å². The van der Waals surface area contributed by atoms with Gasteiger partial charge in [-0.1, -0.05) is 11.6 Å². The molecule has 0 fully saturated rings. The lowest BCUT2D eigenvalue weighted by molar-refractivity contribution is 0.101. The largest absolute Gasteiger partial charge is 0.495 e. The molecule has 0 aliphatic rings. The van der Waals surface area contributed by atoms with Gasteiger partial charge in [0.25, 0.3) is 0 Å². The van der Waals surface area contributed by atoms with Gasteiger partial charge in [-0.15, -0.1) is 0 Å². The van der Waals surface area contributed by atoms with Gasteiger partial charge in [-0.3, -0.25) is 4.79 Å². The van der Waals surface area contributed by atoms with Gasteiger partial charge in [-0.2, -0.15) is 0 Å². The average Bonchev–Trinajstić information content (AvgIpc) is 2.46. The minimum atomic E-state index is -0.0203. The number of rotatable bonds is 5. The average molecular weight is 402 g/mol. The lowest BCUT2D eigenvalue weighted by Gasteiger charge is -2.08. The van der Waals surface area contributed by atoms with Crippen LogP contribution in [0.4, 0.5) is 5.69 Å². The van der Waals surface area contributed by atoms with E-state index in [1.54, 1.807) is 25.3 Å². The van der Waals surface area contributed by atoms with Crippen molar-refractivity contribution in [3.8, 4) is 5.75 Å². The molecule has 2 aromatic rings. The van der Waals surface area contributed by atoms with Crippen molar-refractivity contribution < 1.29 is 9.53 Å². The number of benzene rings is 2. The number of halogens is 2. The third-order valence-corrected chi connectivity index (χ3v) is 3.79. The molecule has 0 unspecified atom stereocenters. The Morgan fingerprint density at radius 3 is 2.55 bits per heavy atom. The molecule has 2 rings (SSSR count). The summed E-state index contributed by atoms with van der Waals surface area (Å²) < 4.78 is 6.21. The predicted molar refractivity (Wildman–Crippen MR) is 90.0 cm³/mol. The number of hydrogen-bond donors (Lipinski definition) is 1. The molecule has 0 aromatic heterocycles. The molecule has 0 aliphatic carbocycles. The predicted octanol–water partition coefficient (Wildman–Crippen LogP) is 4.25. The zero-order chi connectivity index (χ0) is 14.5. The van der Waals surface area contributed by atoms with Crippen molar-refractivity contribution in [1.29, 1.82) is 0 Å². The van der Waals surface area contributed by atoms with Crippen LogP contribution in [0.1, 0.15) is 10.4 Å². The Hall–Kier alpha value is -1.27. The van der Waals surface area contributed by atoms with Crippen molar-refractivity contribution >= 4 is 45.7 Å². The van der Waals surface area contributed by atoms with E-state index in [1.165, 1.54) is 0 Å². The fourth-order valence-electron chi connectivity index (χ4n) is 1.69. The van der Waals surface area contributed by atoms with Crippen LogP contribution < -0.4 is 10.1 Å². The van der Waals surface area contributed by atoms with Crippen molar-refractivity contribution in [3.63, 3.8) is 0 Å². The number of methoxy groups -OCH3 is 1. The summed E-state index contributed by atoms with van der Waals surface area (Å²) in [5.74, 6) is 0.543. The molecule has 0 atom stereocenters. The van der Waals surface area contributed by atoms with Gasteiger partial charge in [-0.05, 0) is 65.1 Å². The minimum Gasteiger partial charge on any atom is -0.495 e. The highest BCUT2D eigenvalue weighted by atomic mass is 127. The first-order valence-corrected chi connectivity index (χ1v) is 7.42. The van der Waals surface area contributed by atoms with Crippen molar-refractivity contribution in [2.75, 3.05) is 19.0 Å². The fourth-order valence-corrected chi connectivity index (χ4v) is 2.31. The normalized spacial score (nSPS) is 10.2. The van der Waals surface area contributed by atoms with E-state index in [9.17, 15) is 4.79 Å². The molecule has 1 N–H and O–H groups in total. The molecule has 20 heavy (non-hydrogen) atoms. The van der Waals surface area contributed by atoms with Crippen LogP contribution in [-0.2, 0) is 0 Å². The summed E-state index contributed by atoms with van der Waals surface area (Å²) in [6.07, 6.45) is 0. The Balaban J connectivity index is 2.01. The Labute approximate surface area is 136 Å². The maximum absolute atomic E-state index is 12.1. The van der Waals surface area contributed by atoms with Gasteiger partial charge in [0.15, 0.2) is 5.78 Å². The molecular formula is C15H13ClINO2. The third-order valence-electron chi connectivity index (χ3n) is 2.77. The molecule has 3 nitrogen and oxygen atoms in total. The van der Waals surface area contributed by atoms with Crippen LogP contribution in [0.25, 0.3) is 0 Å². The monoisotopic (exact) mass is 401 g/mol. The van der Waals surface area contributed by atoms with Crippen LogP contribution in [0.2, 0.25) is 5.02 Å². The van der Waals surface area contributed by atoms with Gasteiger partial charge in [0.2, 0.25) is 0 Å². The summed E-state index contributed by atoms with van der Waals surface area (Å²) >= 11 is 8.25. The number of anilines is 1. The van der Waals surface area contributed by atoms with E-state index >= 15 is 0 Å². The highest BCUT2D eigenvalue weighted by molar-refractivity contribution is 14.1. The number of nitrogens with one attached hydrogen (secondary N) is 1. The third kappa shape index (κ3) is 3.86. The van der Waals surface area contributed by atoms with Crippen LogP contribution in [0.3, 0.4) is 0 Å². The molecular weight excluding hydrogens is 389 g/mol. The second-order valence-electron chi connectivity index (χ2n) is 4.13. The first kappa shape index (κ1) is 15.1. The molecule has 0 radical (unpaired) electrons. The Morgan fingerprint density at radius 1 is 1.25 bits per heavy atom. The molecule has 5 heteroatoms. The van der Waals surface area contributed by atoms with Crippen LogP contribution in [0, 0.1) is 3.57 Å². The van der Waals surface area contributed by atoms with Gasteiger partial charge < -0.3 is 10.1 Å². The number of carbonyl (C=O) groups excluding carboxylic acids is 1. The Kier molecular flexibility index (Phi) is 5.25. The topological polar surface area (TPSA) is 38.3 Å². The highest BCUT2D eigenvalue weighted by Gasteiger charge is 2.09. The molecule has 0 aliphatic heterocycles. The molecule has 0 spiro atoms. The second-order valence-corrected chi connectivity index (χ2v) is 5.79. The SMILES string of the molecule is COc1ccc(C(=O)CNc2ccc(I)cc2)cc1Cl. The fraction of sp³-hybridized carbons (Fsp3) is 0.133. The maximum atomic E-state index is 12.1. The van der Waals surface area contributed by atoms with Crippen LogP contribution in [0.15, 0.2) is 42.5 Å². The summed E-state index contributed by atoms with van der Waals surface area (Å²) in [6, 6.07) is 12.9. The second kappa shape index (κ2) is 6.95. The Morgan fingerprint density at radius 2 is 1.95 bits per heavy atom. The van der Waals surface area contributed by atoms with Gasteiger partial charge in [0.1, 0.15) is 5.75 Å². The quantitative estimate of drug-likeness (QED) is 0.601. The number of hydrogen-bond acceptors (Lipinski definition) is 3. The van der Waals surface area contributed by atoms with E-state index in [-0.39, 0.29) is 12.3 Å². The van der Waals surface area contributed by atoms with Gasteiger partial charge in [0, 0.05) is 14.8 Å². The van der Waals surface area contributed by atoms with Crippen LogP contribution in [-0.4, -0.2) is 19.4 Å². The number of carbonyl (C=O) groups is 1. The summed E-state index contributed by atoms with van der Waals surface area (Å²) in [4.78, 5) is 12.1. The van der Waals surface area contributed by atoms with E-state index in [0.29, 0.717) is 16.3 Å². The Bertz CT molecular complexity index is 614. The standard InChI is InChI=1S/C15H13ClINO2/c1-20-15-7-2-10(8-13(15)16)14(19)9-18-12-5-3-11(17)4-6-12/h2-8,18H,9H2,1H3. The lowest BCUT2D eigenvalue weighted by Crippen LogP contribution is -2.14. The van der Waals surface area contributed by atoms with E-state index in [2.05, 4.69) is 27.9 Å².